The van der Waals surface area contributed by atoms with Crippen molar-refractivity contribution >= 4 is 34.9 Å². The average molecular weight is 414 g/mol. The van der Waals surface area contributed by atoms with Crippen LogP contribution in [0.2, 0.25) is 5.15 Å². The summed E-state index contributed by atoms with van der Waals surface area (Å²) in [6, 6.07) is -0.746. The molecule has 1 saturated carbocycles. The molecule has 1 aromatic rings. The standard InChI is InChI=1S/C16H20ClN5O4S/c1-5-6-27-15-20-13(17)10(22(23)24)14(21-15)19-9-7-8(18-4)11-12(9)26-16(2,3)25-11/h8-9,11-12H,5-7H2,1-3H3,(H,19,20,21)/t8-,9+,11+,12-/m0/s1. The van der Waals surface area contributed by atoms with Crippen molar-refractivity contribution in [3.05, 3.63) is 26.7 Å². The van der Waals surface area contributed by atoms with Gasteiger partial charge in [-0.15, -0.1) is 0 Å². The number of ether oxygens (including phenoxy) is 2. The summed E-state index contributed by atoms with van der Waals surface area (Å²) >= 11 is 7.43. The second-order valence-electron chi connectivity index (χ2n) is 6.85. The van der Waals surface area contributed by atoms with Crippen molar-refractivity contribution in [3.8, 4) is 0 Å². The lowest BCUT2D eigenvalue weighted by atomic mass is 10.2. The van der Waals surface area contributed by atoms with Crippen molar-refractivity contribution in [2.45, 2.75) is 68.8 Å². The van der Waals surface area contributed by atoms with Gasteiger partial charge in [0.2, 0.25) is 11.0 Å². The number of aromatic nitrogens is 2. The number of hydrogen-bond donors (Lipinski definition) is 1. The number of rotatable bonds is 6. The predicted molar refractivity (Wildman–Crippen MR) is 101 cm³/mol. The molecule has 1 aliphatic heterocycles. The van der Waals surface area contributed by atoms with Gasteiger partial charge in [0, 0.05) is 12.2 Å². The molecule has 1 saturated heterocycles. The number of nitrogens with zero attached hydrogens (tertiary/aromatic N) is 4. The van der Waals surface area contributed by atoms with Crippen molar-refractivity contribution in [2.75, 3.05) is 11.1 Å². The van der Waals surface area contributed by atoms with E-state index in [1.807, 2.05) is 6.92 Å². The number of thioether (sulfide) groups is 1. The summed E-state index contributed by atoms with van der Waals surface area (Å²) in [6.45, 7) is 13.0. The normalized spacial score (nSPS) is 28.6. The van der Waals surface area contributed by atoms with Gasteiger partial charge in [-0.3, -0.25) is 10.1 Å². The molecule has 9 nitrogen and oxygen atoms in total. The second kappa shape index (κ2) is 7.75. The van der Waals surface area contributed by atoms with Gasteiger partial charge in [-0.05, 0) is 20.3 Å². The van der Waals surface area contributed by atoms with Crippen LogP contribution in [-0.4, -0.2) is 50.7 Å². The van der Waals surface area contributed by atoms with Crippen LogP contribution in [0, 0.1) is 16.7 Å². The van der Waals surface area contributed by atoms with Crippen LogP contribution in [0.25, 0.3) is 4.85 Å². The van der Waals surface area contributed by atoms with Crippen molar-refractivity contribution in [1.29, 1.82) is 0 Å². The van der Waals surface area contributed by atoms with Crippen molar-refractivity contribution < 1.29 is 14.4 Å². The van der Waals surface area contributed by atoms with Crippen LogP contribution >= 0.6 is 23.4 Å². The fraction of sp³-hybridized carbons (Fsp3) is 0.688. The van der Waals surface area contributed by atoms with Crippen molar-refractivity contribution in [3.63, 3.8) is 0 Å². The maximum absolute atomic E-state index is 11.5. The Morgan fingerprint density at radius 3 is 2.78 bits per heavy atom. The molecule has 2 aliphatic rings. The number of hydrogen-bond acceptors (Lipinski definition) is 8. The van der Waals surface area contributed by atoms with Gasteiger partial charge in [0.05, 0.1) is 11.0 Å². The monoisotopic (exact) mass is 413 g/mol. The highest BCUT2D eigenvalue weighted by molar-refractivity contribution is 7.99. The molecular weight excluding hydrogens is 394 g/mol. The van der Waals surface area contributed by atoms with E-state index in [0.717, 1.165) is 12.2 Å². The molecule has 0 spiro atoms. The lowest BCUT2D eigenvalue weighted by molar-refractivity contribution is -0.384. The Morgan fingerprint density at radius 2 is 2.15 bits per heavy atom. The first kappa shape index (κ1) is 20.1. The third-order valence-electron chi connectivity index (χ3n) is 4.36. The molecule has 4 atom stereocenters. The highest BCUT2D eigenvalue weighted by Gasteiger charge is 2.57. The van der Waals surface area contributed by atoms with Crippen molar-refractivity contribution in [1.82, 2.24) is 9.97 Å². The third-order valence-corrected chi connectivity index (χ3v) is 5.68. The maximum atomic E-state index is 11.5. The minimum absolute atomic E-state index is 0.0429. The molecule has 2 fully saturated rings. The summed E-state index contributed by atoms with van der Waals surface area (Å²) in [7, 11) is 0. The number of nitro groups is 1. The molecule has 11 heteroatoms. The SMILES string of the molecule is [C-]#[N+][C@H]1C[C@@H](Nc2nc(SCCC)nc(Cl)c2[N+](=O)[O-])[C@@H]2OC(C)(C)O[C@@H]21. The Morgan fingerprint density at radius 1 is 1.44 bits per heavy atom. The summed E-state index contributed by atoms with van der Waals surface area (Å²) < 4.78 is 11.8. The van der Waals surface area contributed by atoms with Gasteiger partial charge >= 0.3 is 5.69 Å². The highest BCUT2D eigenvalue weighted by atomic mass is 35.5. The third kappa shape index (κ3) is 4.11. The summed E-state index contributed by atoms with van der Waals surface area (Å²) in [5, 5.41) is 14.7. The van der Waals surface area contributed by atoms with Gasteiger partial charge < -0.3 is 19.6 Å². The first-order valence-electron chi connectivity index (χ1n) is 8.59. The predicted octanol–water partition coefficient (Wildman–Crippen LogP) is 3.53. The van der Waals surface area contributed by atoms with Gasteiger partial charge in [-0.25, -0.2) is 11.6 Å². The zero-order chi connectivity index (χ0) is 19.8. The Bertz CT molecular complexity index is 787. The lowest BCUT2D eigenvalue weighted by Gasteiger charge is -2.22. The van der Waals surface area contributed by atoms with Crippen LogP contribution in [0.1, 0.15) is 33.6 Å². The molecule has 0 amide bonds. The summed E-state index contributed by atoms with van der Waals surface area (Å²) in [5.41, 5.74) is -0.376. The average Bonchev–Trinajstić information content (AvgIpc) is 3.05. The van der Waals surface area contributed by atoms with E-state index in [2.05, 4.69) is 20.1 Å². The van der Waals surface area contributed by atoms with E-state index in [9.17, 15) is 10.1 Å². The zero-order valence-corrected chi connectivity index (χ0v) is 16.7. The van der Waals surface area contributed by atoms with Crippen LogP contribution in [0.5, 0.6) is 0 Å². The quantitative estimate of drug-likeness (QED) is 0.188. The molecule has 1 N–H and O–H groups in total. The summed E-state index contributed by atoms with van der Waals surface area (Å²) in [4.78, 5) is 22.8. The second-order valence-corrected chi connectivity index (χ2v) is 8.27. The minimum atomic E-state index is -0.810. The zero-order valence-electron chi connectivity index (χ0n) is 15.1. The summed E-state index contributed by atoms with van der Waals surface area (Å²) in [5.74, 6) is 0.00383. The molecule has 1 aliphatic carbocycles. The Balaban J connectivity index is 1.91. The van der Waals surface area contributed by atoms with Gasteiger partial charge in [0.25, 0.3) is 6.04 Å². The van der Waals surface area contributed by atoms with E-state index in [1.54, 1.807) is 13.8 Å². The van der Waals surface area contributed by atoms with E-state index in [-0.39, 0.29) is 34.8 Å². The van der Waals surface area contributed by atoms with E-state index >= 15 is 0 Å². The molecule has 1 aromatic heterocycles. The number of anilines is 1. The first-order chi connectivity index (χ1) is 12.8. The Hall–Kier alpha value is -1.67. The number of nitrogens with one attached hydrogen (secondary N) is 1. The van der Waals surface area contributed by atoms with Crippen LogP contribution < -0.4 is 5.32 Å². The van der Waals surface area contributed by atoms with Crippen LogP contribution in [-0.2, 0) is 9.47 Å². The number of halogens is 1. The minimum Gasteiger partial charge on any atom is -0.358 e. The molecule has 2 heterocycles. The van der Waals surface area contributed by atoms with E-state index < -0.39 is 16.8 Å². The molecule has 0 bridgehead atoms. The topological polar surface area (TPSA) is 104 Å². The molecule has 146 valence electrons. The maximum Gasteiger partial charge on any atom is 0.348 e. The summed E-state index contributed by atoms with van der Waals surface area (Å²) in [6.07, 6.45) is 0.551. The number of fused-ring (bicyclic) bond motifs is 1. The van der Waals surface area contributed by atoms with Gasteiger partial charge in [-0.1, -0.05) is 30.3 Å². The van der Waals surface area contributed by atoms with Gasteiger partial charge in [-0.2, -0.15) is 4.98 Å². The Labute approximate surface area is 166 Å². The molecule has 0 aromatic carbocycles. The van der Waals surface area contributed by atoms with Crippen LogP contribution in [0.3, 0.4) is 0 Å². The highest BCUT2D eigenvalue weighted by Crippen LogP contribution is 2.42. The molecule has 0 radical (unpaired) electrons. The fourth-order valence-electron chi connectivity index (χ4n) is 3.33. The van der Waals surface area contributed by atoms with E-state index in [0.29, 0.717) is 11.6 Å². The molecule has 0 unspecified atom stereocenters. The van der Waals surface area contributed by atoms with Crippen LogP contribution in [0.4, 0.5) is 11.5 Å². The fourth-order valence-corrected chi connectivity index (χ4v) is 4.31. The Kier molecular flexibility index (Phi) is 5.76. The van der Waals surface area contributed by atoms with Gasteiger partial charge in [0.15, 0.2) is 17.0 Å². The van der Waals surface area contributed by atoms with Gasteiger partial charge in [0.1, 0.15) is 6.10 Å². The largest absolute Gasteiger partial charge is 0.358 e. The first-order valence-corrected chi connectivity index (χ1v) is 9.95. The molecule has 3 rings (SSSR count). The smallest absolute Gasteiger partial charge is 0.348 e. The molecule has 27 heavy (non-hydrogen) atoms. The van der Waals surface area contributed by atoms with Crippen molar-refractivity contribution in [2.24, 2.45) is 0 Å². The van der Waals surface area contributed by atoms with E-state index in [4.69, 9.17) is 27.6 Å². The lowest BCUT2D eigenvalue weighted by Crippen LogP contribution is -2.35. The van der Waals surface area contributed by atoms with E-state index in [1.165, 1.54) is 11.8 Å². The van der Waals surface area contributed by atoms with Crippen LogP contribution in [0.15, 0.2) is 5.16 Å². The molecular formula is C16H20ClN5O4S.